The Morgan fingerprint density at radius 1 is 0.875 bits per heavy atom. The normalized spacial score (nSPS) is 13.9. The number of alkyl halides is 8. The van der Waals surface area contributed by atoms with E-state index in [1.807, 2.05) is 0 Å². The molecule has 0 aliphatic heterocycles. The van der Waals surface area contributed by atoms with Crippen molar-refractivity contribution < 1.29 is 39.9 Å². The molecule has 98 valence electrons. The van der Waals surface area contributed by atoms with Crippen molar-refractivity contribution in [2.75, 3.05) is 13.2 Å². The van der Waals surface area contributed by atoms with Crippen molar-refractivity contribution in [3.05, 3.63) is 0 Å². The van der Waals surface area contributed by atoms with Gasteiger partial charge in [-0.3, -0.25) is 0 Å². The van der Waals surface area contributed by atoms with Crippen molar-refractivity contribution in [2.24, 2.45) is 5.92 Å². The highest BCUT2D eigenvalue weighted by Gasteiger charge is 2.56. The van der Waals surface area contributed by atoms with E-state index in [9.17, 15) is 35.1 Å². The van der Waals surface area contributed by atoms with Crippen LogP contribution < -0.4 is 0 Å². The lowest BCUT2D eigenvalue weighted by molar-refractivity contribution is -0.294. The second-order valence-corrected chi connectivity index (χ2v) is 2.89. The second-order valence-electron chi connectivity index (χ2n) is 2.89. The number of hydrogen-bond donors (Lipinski definition) is 0. The highest BCUT2D eigenvalue weighted by atomic mass is 19.4. The molecule has 0 heterocycles. The van der Waals surface area contributed by atoms with Crippen LogP contribution in [-0.2, 0) is 4.74 Å². The summed E-state index contributed by atoms with van der Waals surface area (Å²) in [7, 11) is 0. The molecule has 16 heavy (non-hydrogen) atoms. The maximum absolute atomic E-state index is 11.9. The minimum absolute atomic E-state index is 0.847. The van der Waals surface area contributed by atoms with Gasteiger partial charge in [0.1, 0.15) is 0 Å². The van der Waals surface area contributed by atoms with Gasteiger partial charge >= 0.3 is 12.4 Å². The molecule has 0 fully saturated rings. The Balaban J connectivity index is 4.16. The van der Waals surface area contributed by atoms with Crippen LogP contribution in [0.5, 0.6) is 0 Å². The van der Waals surface area contributed by atoms with Crippen molar-refractivity contribution in [3.8, 4) is 0 Å². The van der Waals surface area contributed by atoms with E-state index in [1.54, 1.807) is 0 Å². The average molecular weight is 260 g/mol. The van der Waals surface area contributed by atoms with Crippen molar-refractivity contribution >= 4 is 0 Å². The second kappa shape index (κ2) is 5.65. The molecule has 0 amide bonds. The Labute approximate surface area is 85.4 Å². The molecule has 0 aliphatic rings. The van der Waals surface area contributed by atoms with E-state index < -0.39 is 44.3 Å². The molecule has 0 unspecified atom stereocenters. The minimum atomic E-state index is -5.50. The number of ether oxygens (including phenoxy) is 1. The summed E-state index contributed by atoms with van der Waals surface area (Å²) in [5, 5.41) is 0. The Hall–Kier alpha value is -0.600. The van der Waals surface area contributed by atoms with Crippen LogP contribution in [0.15, 0.2) is 0 Å². The lowest BCUT2D eigenvalue weighted by Gasteiger charge is -2.22. The van der Waals surface area contributed by atoms with Gasteiger partial charge in [-0.05, 0) is 0 Å². The summed E-state index contributed by atoms with van der Waals surface area (Å²) in [6.07, 6.45) is -14.7. The van der Waals surface area contributed by atoms with Gasteiger partial charge in [0.05, 0.1) is 13.2 Å². The van der Waals surface area contributed by atoms with Gasteiger partial charge in [-0.25, -0.2) is 8.78 Å². The third-order valence-electron chi connectivity index (χ3n) is 1.56. The zero-order valence-corrected chi connectivity index (χ0v) is 7.71. The minimum Gasteiger partial charge on any atom is -0.380 e. The first-order valence-corrected chi connectivity index (χ1v) is 4.04. The molecule has 1 nitrogen and oxygen atoms in total. The molecule has 0 radical (unpaired) electrons. The summed E-state index contributed by atoms with van der Waals surface area (Å²) in [4.78, 5) is 0. The largest absolute Gasteiger partial charge is 0.402 e. The molecule has 0 saturated carbocycles. The molecule has 0 bridgehead atoms. The highest BCUT2D eigenvalue weighted by molar-refractivity contribution is 4.74. The summed E-state index contributed by atoms with van der Waals surface area (Å²) in [5.74, 6) is -3.64. The SMILES string of the molecule is FC(F)CCOCC(C(F)(F)F)C(F)(F)F. The summed E-state index contributed by atoms with van der Waals surface area (Å²) < 4.78 is 98.1. The van der Waals surface area contributed by atoms with Crippen LogP contribution in [0.1, 0.15) is 6.42 Å². The van der Waals surface area contributed by atoms with E-state index in [-0.39, 0.29) is 0 Å². The Kier molecular flexibility index (Phi) is 5.43. The zero-order valence-electron chi connectivity index (χ0n) is 7.71. The summed E-state index contributed by atoms with van der Waals surface area (Å²) in [6.45, 7) is -2.54. The van der Waals surface area contributed by atoms with Crippen LogP contribution in [-0.4, -0.2) is 32.0 Å². The fraction of sp³-hybridized carbons (Fsp3) is 1.00. The van der Waals surface area contributed by atoms with Crippen LogP contribution in [0, 0.1) is 5.92 Å². The molecule has 0 N–H and O–H groups in total. The van der Waals surface area contributed by atoms with Crippen molar-refractivity contribution in [1.82, 2.24) is 0 Å². The van der Waals surface area contributed by atoms with Crippen LogP contribution in [0.3, 0.4) is 0 Å². The molecule has 0 aliphatic carbocycles. The van der Waals surface area contributed by atoms with Gasteiger partial charge in [-0.1, -0.05) is 0 Å². The van der Waals surface area contributed by atoms with Gasteiger partial charge in [-0.2, -0.15) is 26.3 Å². The van der Waals surface area contributed by atoms with E-state index in [2.05, 4.69) is 4.74 Å². The van der Waals surface area contributed by atoms with Gasteiger partial charge in [0, 0.05) is 6.42 Å². The first-order chi connectivity index (χ1) is 7.05. The molecule has 0 rings (SSSR count). The van der Waals surface area contributed by atoms with Crippen molar-refractivity contribution in [3.63, 3.8) is 0 Å². The van der Waals surface area contributed by atoms with Crippen molar-refractivity contribution in [1.29, 1.82) is 0 Å². The summed E-state index contributed by atoms with van der Waals surface area (Å²) in [5.41, 5.74) is 0. The summed E-state index contributed by atoms with van der Waals surface area (Å²) >= 11 is 0. The predicted octanol–water partition coefficient (Wildman–Crippen LogP) is 3.40. The summed E-state index contributed by atoms with van der Waals surface area (Å²) in [6, 6.07) is 0. The molecule has 0 aromatic heterocycles. The smallest absolute Gasteiger partial charge is 0.380 e. The fourth-order valence-corrected chi connectivity index (χ4v) is 0.748. The fourth-order valence-electron chi connectivity index (χ4n) is 0.748. The molecule has 0 aromatic rings. The standard InChI is InChI=1S/C7H8F8O/c8-5(9)1-2-16-3-4(6(10,11)12)7(13,14)15/h4-5H,1-3H2. The first-order valence-electron chi connectivity index (χ1n) is 4.04. The third kappa shape index (κ3) is 6.09. The highest BCUT2D eigenvalue weighted by Crippen LogP contribution is 2.39. The quantitative estimate of drug-likeness (QED) is 0.543. The molecular weight excluding hydrogens is 252 g/mol. The molecule has 0 saturated heterocycles. The molecule has 0 spiro atoms. The van der Waals surface area contributed by atoms with Crippen LogP contribution in [0.2, 0.25) is 0 Å². The lowest BCUT2D eigenvalue weighted by atomic mass is 10.1. The molecule has 9 heteroatoms. The van der Waals surface area contributed by atoms with E-state index in [4.69, 9.17) is 0 Å². The predicted molar refractivity (Wildman–Crippen MR) is 37.0 cm³/mol. The van der Waals surface area contributed by atoms with E-state index in [0.29, 0.717) is 0 Å². The van der Waals surface area contributed by atoms with Gasteiger partial charge < -0.3 is 4.74 Å². The first kappa shape index (κ1) is 15.4. The van der Waals surface area contributed by atoms with E-state index >= 15 is 0 Å². The van der Waals surface area contributed by atoms with Crippen LogP contribution in [0.25, 0.3) is 0 Å². The van der Waals surface area contributed by atoms with E-state index in [1.165, 1.54) is 0 Å². The monoisotopic (exact) mass is 260 g/mol. The zero-order chi connectivity index (χ0) is 13.0. The molecule has 0 aromatic carbocycles. The maximum Gasteiger partial charge on any atom is 0.402 e. The van der Waals surface area contributed by atoms with Gasteiger partial charge in [0.25, 0.3) is 0 Å². The van der Waals surface area contributed by atoms with Crippen LogP contribution >= 0.6 is 0 Å². The van der Waals surface area contributed by atoms with Crippen LogP contribution in [0.4, 0.5) is 35.1 Å². The Bertz CT molecular complexity index is 182. The third-order valence-corrected chi connectivity index (χ3v) is 1.56. The topological polar surface area (TPSA) is 9.23 Å². The number of rotatable bonds is 5. The maximum atomic E-state index is 11.9. The molecular formula is C7H8F8O. The van der Waals surface area contributed by atoms with Crippen molar-refractivity contribution in [2.45, 2.75) is 25.2 Å². The number of hydrogen-bond acceptors (Lipinski definition) is 1. The van der Waals surface area contributed by atoms with E-state index in [0.717, 1.165) is 0 Å². The lowest BCUT2D eigenvalue weighted by Crippen LogP contribution is -2.39. The van der Waals surface area contributed by atoms with Gasteiger partial charge in [0.2, 0.25) is 6.43 Å². The van der Waals surface area contributed by atoms with Gasteiger partial charge in [-0.15, -0.1) is 0 Å². The number of halogens is 8. The molecule has 0 atom stereocenters. The Morgan fingerprint density at radius 3 is 1.62 bits per heavy atom. The Morgan fingerprint density at radius 2 is 1.31 bits per heavy atom. The van der Waals surface area contributed by atoms with Gasteiger partial charge in [0.15, 0.2) is 5.92 Å². The average Bonchev–Trinajstić information content (AvgIpc) is 1.97.